The van der Waals surface area contributed by atoms with Crippen molar-refractivity contribution < 1.29 is 0 Å². The summed E-state index contributed by atoms with van der Waals surface area (Å²) in [6.07, 6.45) is 0. The van der Waals surface area contributed by atoms with E-state index < -0.39 is 0 Å². The molecule has 0 aliphatic rings. The average molecular weight is 273 g/mol. The number of nitrogens with zero attached hydrogens (tertiary/aromatic N) is 1. The van der Waals surface area contributed by atoms with Gasteiger partial charge < -0.3 is 4.98 Å². The second kappa shape index (κ2) is 4.05. The van der Waals surface area contributed by atoms with Crippen molar-refractivity contribution in [2.75, 3.05) is 0 Å². The molecule has 3 rings (SSSR count). The number of aromatic nitrogens is 2. The zero-order chi connectivity index (χ0) is 10.4. The number of hydrogen-bond acceptors (Lipinski definition) is 3. The second-order valence-electron chi connectivity index (χ2n) is 3.14. The molecule has 0 bridgehead atoms. The maximum atomic E-state index is 12.0. The molecule has 0 saturated heterocycles. The molecule has 0 unspecified atom stereocenters. The molecule has 3 nitrogen and oxygen atoms in total. The van der Waals surface area contributed by atoms with E-state index in [1.807, 2.05) is 18.2 Å². The van der Waals surface area contributed by atoms with E-state index in [4.69, 9.17) is 11.6 Å². The molecule has 1 N–H and O–H groups in total. The molecule has 3 aromatic rings. The summed E-state index contributed by atoms with van der Waals surface area (Å²) < 4.78 is 0.383. The van der Waals surface area contributed by atoms with Crippen LogP contribution >= 0.6 is 35.3 Å². The van der Waals surface area contributed by atoms with Gasteiger partial charge in [-0.25, -0.2) is 4.98 Å². The first-order valence-corrected chi connectivity index (χ1v) is 5.52. The number of halogens is 2. The normalized spacial score (nSPS) is 10.6. The molecule has 2 heterocycles. The predicted octanol–water partition coefficient (Wildman–Crippen LogP) is 3.21. The largest absolute Gasteiger partial charge is 0.345 e. The SMILES string of the molecule is Cl.O=c1c2ccccc2[nH]c2sc(Cl)nc12. The highest BCUT2D eigenvalue weighted by molar-refractivity contribution is 7.21. The van der Waals surface area contributed by atoms with Gasteiger partial charge >= 0.3 is 0 Å². The minimum Gasteiger partial charge on any atom is -0.345 e. The molecular weight excluding hydrogens is 267 g/mol. The van der Waals surface area contributed by atoms with E-state index in [1.54, 1.807) is 6.07 Å². The summed E-state index contributed by atoms with van der Waals surface area (Å²) in [6.45, 7) is 0. The van der Waals surface area contributed by atoms with Crippen molar-refractivity contribution in [1.82, 2.24) is 9.97 Å². The topological polar surface area (TPSA) is 45.8 Å². The van der Waals surface area contributed by atoms with Gasteiger partial charge in [-0.1, -0.05) is 35.1 Å². The van der Waals surface area contributed by atoms with E-state index in [0.29, 0.717) is 15.4 Å². The maximum absolute atomic E-state index is 12.0. The van der Waals surface area contributed by atoms with E-state index in [-0.39, 0.29) is 17.8 Å². The van der Waals surface area contributed by atoms with Gasteiger partial charge in [0.15, 0.2) is 4.47 Å². The highest BCUT2D eigenvalue weighted by atomic mass is 35.5. The van der Waals surface area contributed by atoms with Crippen LogP contribution in [0.5, 0.6) is 0 Å². The average Bonchev–Trinajstić information content (AvgIpc) is 2.59. The van der Waals surface area contributed by atoms with Crippen LogP contribution in [0.15, 0.2) is 29.1 Å². The number of para-hydroxylation sites is 1. The zero-order valence-corrected chi connectivity index (χ0v) is 10.2. The minimum atomic E-state index is -0.0671. The number of aromatic amines is 1. The summed E-state index contributed by atoms with van der Waals surface area (Å²) in [5.74, 6) is 0. The summed E-state index contributed by atoms with van der Waals surface area (Å²) >= 11 is 7.05. The molecule has 0 aliphatic heterocycles. The number of hydrogen-bond donors (Lipinski definition) is 1. The summed E-state index contributed by atoms with van der Waals surface area (Å²) in [6, 6.07) is 7.36. The maximum Gasteiger partial charge on any atom is 0.216 e. The van der Waals surface area contributed by atoms with Crippen molar-refractivity contribution >= 4 is 56.6 Å². The number of fused-ring (bicyclic) bond motifs is 2. The van der Waals surface area contributed by atoms with E-state index in [2.05, 4.69) is 9.97 Å². The molecule has 0 radical (unpaired) electrons. The Balaban J connectivity index is 0.000000963. The Kier molecular flexibility index (Phi) is 2.88. The van der Waals surface area contributed by atoms with Crippen molar-refractivity contribution in [3.8, 4) is 0 Å². The molecule has 0 amide bonds. The van der Waals surface area contributed by atoms with E-state index in [9.17, 15) is 4.79 Å². The van der Waals surface area contributed by atoms with E-state index >= 15 is 0 Å². The number of pyridine rings is 1. The Bertz CT molecular complexity index is 719. The smallest absolute Gasteiger partial charge is 0.216 e. The second-order valence-corrected chi connectivity index (χ2v) is 4.73. The quantitative estimate of drug-likeness (QED) is 0.683. The van der Waals surface area contributed by atoms with Crippen molar-refractivity contribution in [1.29, 1.82) is 0 Å². The molecule has 0 saturated carbocycles. The van der Waals surface area contributed by atoms with Crippen LogP contribution in [0.2, 0.25) is 4.47 Å². The molecule has 0 fully saturated rings. The highest BCUT2D eigenvalue weighted by Crippen LogP contribution is 2.23. The van der Waals surface area contributed by atoms with Crippen LogP contribution in [0.4, 0.5) is 0 Å². The lowest BCUT2D eigenvalue weighted by Gasteiger charge is -1.95. The summed E-state index contributed by atoms with van der Waals surface area (Å²) in [7, 11) is 0. The summed E-state index contributed by atoms with van der Waals surface area (Å²) in [5, 5.41) is 0.645. The van der Waals surface area contributed by atoms with Crippen molar-refractivity contribution in [2.45, 2.75) is 0 Å². The van der Waals surface area contributed by atoms with Gasteiger partial charge in [0.2, 0.25) is 5.43 Å². The fraction of sp³-hybridized carbons (Fsp3) is 0. The minimum absolute atomic E-state index is 0. The molecule has 0 spiro atoms. The van der Waals surface area contributed by atoms with E-state index in [0.717, 1.165) is 10.3 Å². The highest BCUT2D eigenvalue weighted by Gasteiger charge is 2.09. The molecule has 82 valence electrons. The number of H-pyrrole nitrogens is 1. The van der Waals surface area contributed by atoms with Gasteiger partial charge in [-0.2, -0.15) is 0 Å². The zero-order valence-electron chi connectivity index (χ0n) is 7.86. The van der Waals surface area contributed by atoms with Crippen LogP contribution < -0.4 is 5.43 Å². The first-order valence-electron chi connectivity index (χ1n) is 4.33. The summed E-state index contributed by atoms with van der Waals surface area (Å²) in [4.78, 5) is 19.8. The Morgan fingerprint density at radius 2 is 2.06 bits per heavy atom. The molecule has 0 aliphatic carbocycles. The Hall–Kier alpha value is -1.10. The molecule has 2 aromatic heterocycles. The lowest BCUT2D eigenvalue weighted by molar-refractivity contribution is 1.44. The lowest BCUT2D eigenvalue weighted by Crippen LogP contribution is -2.02. The molecule has 0 atom stereocenters. The summed E-state index contributed by atoms with van der Waals surface area (Å²) in [5.41, 5.74) is 1.17. The van der Waals surface area contributed by atoms with Crippen LogP contribution in [0.1, 0.15) is 0 Å². The number of rotatable bonds is 0. The Labute approximate surface area is 105 Å². The molecule has 6 heteroatoms. The van der Waals surface area contributed by atoms with Crippen LogP contribution in [0.25, 0.3) is 21.3 Å². The van der Waals surface area contributed by atoms with Gasteiger partial charge in [-0.05, 0) is 12.1 Å². The van der Waals surface area contributed by atoms with Crippen molar-refractivity contribution in [3.05, 3.63) is 39.0 Å². The third kappa shape index (κ3) is 1.59. The molecule has 16 heavy (non-hydrogen) atoms. The van der Waals surface area contributed by atoms with Crippen LogP contribution in [-0.4, -0.2) is 9.97 Å². The number of thiazole rings is 1. The predicted molar refractivity (Wildman–Crippen MR) is 70.0 cm³/mol. The van der Waals surface area contributed by atoms with Gasteiger partial charge in [0.1, 0.15) is 10.3 Å². The van der Waals surface area contributed by atoms with Gasteiger partial charge in [-0.15, -0.1) is 12.4 Å². The monoisotopic (exact) mass is 272 g/mol. The fourth-order valence-corrected chi connectivity index (χ4v) is 2.59. The lowest BCUT2D eigenvalue weighted by atomic mass is 10.2. The number of nitrogens with one attached hydrogen (secondary N) is 1. The fourth-order valence-electron chi connectivity index (χ4n) is 1.57. The first-order chi connectivity index (χ1) is 7.25. The molecular formula is C10H6Cl2N2OS. The Morgan fingerprint density at radius 3 is 2.88 bits per heavy atom. The van der Waals surface area contributed by atoms with Crippen LogP contribution in [0.3, 0.4) is 0 Å². The standard InChI is InChI=1S/C10H5ClN2OS.ClH/c11-10-13-7-8(14)5-3-1-2-4-6(5)12-9(7)15-10;/h1-4H,(H,12,14);1H. The van der Waals surface area contributed by atoms with Crippen molar-refractivity contribution in [3.63, 3.8) is 0 Å². The van der Waals surface area contributed by atoms with Gasteiger partial charge in [0.05, 0.1) is 5.52 Å². The third-order valence-corrected chi connectivity index (χ3v) is 3.31. The van der Waals surface area contributed by atoms with Crippen LogP contribution in [-0.2, 0) is 0 Å². The number of benzene rings is 1. The van der Waals surface area contributed by atoms with Crippen molar-refractivity contribution in [2.24, 2.45) is 0 Å². The van der Waals surface area contributed by atoms with Gasteiger partial charge in [0, 0.05) is 5.39 Å². The van der Waals surface area contributed by atoms with Gasteiger partial charge in [-0.3, -0.25) is 4.79 Å². The third-order valence-electron chi connectivity index (χ3n) is 2.24. The van der Waals surface area contributed by atoms with E-state index in [1.165, 1.54) is 11.3 Å². The molecule has 1 aromatic carbocycles. The van der Waals surface area contributed by atoms with Gasteiger partial charge in [0.25, 0.3) is 0 Å². The van der Waals surface area contributed by atoms with Crippen LogP contribution in [0, 0.1) is 0 Å². The Morgan fingerprint density at radius 1 is 1.31 bits per heavy atom. The first kappa shape index (κ1) is 11.4.